The molecule has 6 nitrogen and oxygen atoms in total. The molecule has 1 fully saturated rings. The SMILES string of the molecule is COc1cccc(C(=O)CCC(=O)NCC(=O)N2CCCCC2)c1. The van der Waals surface area contributed by atoms with Crippen LogP contribution in [0.4, 0.5) is 0 Å². The van der Waals surface area contributed by atoms with E-state index < -0.39 is 0 Å². The number of nitrogens with one attached hydrogen (secondary N) is 1. The van der Waals surface area contributed by atoms with E-state index in [9.17, 15) is 14.4 Å². The van der Waals surface area contributed by atoms with Gasteiger partial charge in [0.2, 0.25) is 11.8 Å². The predicted octanol–water partition coefficient (Wildman–Crippen LogP) is 1.79. The highest BCUT2D eigenvalue weighted by Crippen LogP contribution is 2.14. The zero-order valence-corrected chi connectivity index (χ0v) is 14.0. The van der Waals surface area contributed by atoms with Gasteiger partial charge in [-0.1, -0.05) is 12.1 Å². The quantitative estimate of drug-likeness (QED) is 0.772. The number of amides is 2. The van der Waals surface area contributed by atoms with E-state index in [4.69, 9.17) is 4.74 Å². The maximum Gasteiger partial charge on any atom is 0.241 e. The average Bonchev–Trinajstić information content (AvgIpc) is 2.64. The summed E-state index contributed by atoms with van der Waals surface area (Å²) in [5.74, 6) is 0.155. The molecule has 1 aromatic carbocycles. The molecule has 0 unspecified atom stereocenters. The van der Waals surface area contributed by atoms with Gasteiger partial charge in [0, 0.05) is 31.5 Å². The van der Waals surface area contributed by atoms with Crippen LogP contribution in [0.3, 0.4) is 0 Å². The Bertz CT molecular complexity index is 594. The highest BCUT2D eigenvalue weighted by molar-refractivity contribution is 5.98. The minimum absolute atomic E-state index is 0.00613. The van der Waals surface area contributed by atoms with E-state index in [0.717, 1.165) is 32.4 Å². The highest BCUT2D eigenvalue weighted by atomic mass is 16.5. The summed E-state index contributed by atoms with van der Waals surface area (Å²) >= 11 is 0. The molecule has 6 heteroatoms. The first kappa shape index (κ1) is 18.0. The molecule has 0 aliphatic carbocycles. The summed E-state index contributed by atoms with van der Waals surface area (Å²) in [6.07, 6.45) is 3.38. The molecule has 24 heavy (non-hydrogen) atoms. The molecular weight excluding hydrogens is 308 g/mol. The number of Topliss-reactive ketones (excluding diaryl/α,β-unsaturated/α-hetero) is 1. The number of rotatable bonds is 7. The standard InChI is InChI=1S/C18H24N2O4/c1-24-15-7-5-6-14(12-15)16(21)8-9-17(22)19-13-18(23)20-10-3-2-4-11-20/h5-7,12H,2-4,8-11,13H2,1H3,(H,19,22). The molecule has 0 spiro atoms. The van der Waals surface area contributed by atoms with Crippen molar-refractivity contribution >= 4 is 17.6 Å². The Labute approximate surface area is 142 Å². The largest absolute Gasteiger partial charge is 0.497 e. The third-order valence-corrected chi connectivity index (χ3v) is 4.12. The summed E-state index contributed by atoms with van der Waals surface area (Å²) in [7, 11) is 1.54. The van der Waals surface area contributed by atoms with Crippen LogP contribution >= 0.6 is 0 Å². The van der Waals surface area contributed by atoms with Crippen LogP contribution in [0.1, 0.15) is 42.5 Å². The molecule has 0 saturated carbocycles. The van der Waals surface area contributed by atoms with Crippen LogP contribution in [0.15, 0.2) is 24.3 Å². The van der Waals surface area contributed by atoms with Crippen molar-refractivity contribution in [1.82, 2.24) is 10.2 Å². The summed E-state index contributed by atoms with van der Waals surface area (Å²) in [6.45, 7) is 1.54. The fourth-order valence-electron chi connectivity index (χ4n) is 2.69. The molecule has 2 amide bonds. The minimum atomic E-state index is -0.281. The van der Waals surface area contributed by atoms with E-state index in [0.29, 0.717) is 11.3 Å². The lowest BCUT2D eigenvalue weighted by Gasteiger charge is -2.26. The molecular formula is C18H24N2O4. The van der Waals surface area contributed by atoms with Crippen LogP contribution in [0, 0.1) is 0 Å². The second-order valence-electron chi connectivity index (χ2n) is 5.87. The number of hydrogen-bond acceptors (Lipinski definition) is 4. The van der Waals surface area contributed by atoms with Crippen molar-refractivity contribution in [2.45, 2.75) is 32.1 Å². The molecule has 0 bridgehead atoms. The summed E-state index contributed by atoms with van der Waals surface area (Å²) in [5, 5.41) is 2.60. The average molecular weight is 332 g/mol. The number of methoxy groups -OCH3 is 1. The van der Waals surface area contributed by atoms with Crippen LogP contribution in [-0.4, -0.2) is 49.2 Å². The van der Waals surface area contributed by atoms with Gasteiger partial charge in [0.25, 0.3) is 0 Å². The van der Waals surface area contributed by atoms with Gasteiger partial charge in [-0.25, -0.2) is 0 Å². The normalized spacial score (nSPS) is 14.1. The predicted molar refractivity (Wildman–Crippen MR) is 90.0 cm³/mol. The number of benzene rings is 1. The van der Waals surface area contributed by atoms with Crippen molar-refractivity contribution in [3.05, 3.63) is 29.8 Å². The maximum absolute atomic E-state index is 12.1. The second kappa shape index (κ2) is 9.05. The molecule has 1 aliphatic rings. The zero-order chi connectivity index (χ0) is 17.4. The zero-order valence-electron chi connectivity index (χ0n) is 14.0. The number of likely N-dealkylation sites (tertiary alicyclic amines) is 1. The van der Waals surface area contributed by atoms with Gasteiger partial charge in [-0.15, -0.1) is 0 Å². The van der Waals surface area contributed by atoms with E-state index in [1.54, 1.807) is 29.2 Å². The Morgan fingerprint density at radius 3 is 2.58 bits per heavy atom. The lowest BCUT2D eigenvalue weighted by atomic mass is 10.1. The smallest absolute Gasteiger partial charge is 0.241 e. The molecule has 0 radical (unpaired) electrons. The fraction of sp³-hybridized carbons (Fsp3) is 0.500. The molecule has 1 aliphatic heterocycles. The first-order valence-electron chi connectivity index (χ1n) is 8.32. The molecule has 130 valence electrons. The van der Waals surface area contributed by atoms with Crippen molar-refractivity contribution in [2.24, 2.45) is 0 Å². The van der Waals surface area contributed by atoms with E-state index in [2.05, 4.69) is 5.32 Å². The van der Waals surface area contributed by atoms with Gasteiger partial charge in [0.05, 0.1) is 13.7 Å². The Morgan fingerprint density at radius 1 is 1.12 bits per heavy atom. The third kappa shape index (κ3) is 5.37. The van der Waals surface area contributed by atoms with Crippen molar-refractivity contribution in [3.63, 3.8) is 0 Å². The van der Waals surface area contributed by atoms with E-state index in [1.807, 2.05) is 0 Å². The van der Waals surface area contributed by atoms with Crippen LogP contribution in [0.5, 0.6) is 5.75 Å². The van der Waals surface area contributed by atoms with Crippen molar-refractivity contribution < 1.29 is 19.1 Å². The number of ketones is 1. The first-order chi connectivity index (χ1) is 11.6. The number of piperidine rings is 1. The Balaban J connectivity index is 1.72. The van der Waals surface area contributed by atoms with Gasteiger partial charge in [-0.05, 0) is 31.4 Å². The molecule has 0 atom stereocenters. The molecule has 2 rings (SSSR count). The third-order valence-electron chi connectivity index (χ3n) is 4.12. The lowest BCUT2D eigenvalue weighted by molar-refractivity contribution is -0.133. The van der Waals surface area contributed by atoms with Gasteiger partial charge >= 0.3 is 0 Å². The maximum atomic E-state index is 12.1. The minimum Gasteiger partial charge on any atom is -0.497 e. The van der Waals surface area contributed by atoms with Crippen LogP contribution in [-0.2, 0) is 9.59 Å². The second-order valence-corrected chi connectivity index (χ2v) is 5.87. The van der Waals surface area contributed by atoms with Crippen LogP contribution < -0.4 is 10.1 Å². The number of nitrogens with zero attached hydrogens (tertiary/aromatic N) is 1. The van der Waals surface area contributed by atoms with Crippen molar-refractivity contribution in [3.8, 4) is 5.75 Å². The van der Waals surface area contributed by atoms with Crippen molar-refractivity contribution in [2.75, 3.05) is 26.7 Å². The van der Waals surface area contributed by atoms with Crippen LogP contribution in [0.2, 0.25) is 0 Å². The fourth-order valence-corrected chi connectivity index (χ4v) is 2.69. The lowest BCUT2D eigenvalue weighted by Crippen LogP contribution is -2.42. The molecule has 1 saturated heterocycles. The number of hydrogen-bond donors (Lipinski definition) is 1. The number of carbonyl (C=O) groups excluding carboxylic acids is 3. The Hall–Kier alpha value is -2.37. The van der Waals surface area contributed by atoms with Gasteiger partial charge < -0.3 is 15.0 Å². The van der Waals surface area contributed by atoms with E-state index in [1.165, 1.54) is 7.11 Å². The topological polar surface area (TPSA) is 75.7 Å². The summed E-state index contributed by atoms with van der Waals surface area (Å²) in [5.41, 5.74) is 0.520. The van der Waals surface area contributed by atoms with Crippen molar-refractivity contribution in [1.29, 1.82) is 0 Å². The van der Waals surface area contributed by atoms with E-state index in [-0.39, 0.29) is 37.0 Å². The van der Waals surface area contributed by atoms with Gasteiger partial charge in [-0.3, -0.25) is 14.4 Å². The highest BCUT2D eigenvalue weighted by Gasteiger charge is 2.17. The van der Waals surface area contributed by atoms with Crippen LogP contribution in [0.25, 0.3) is 0 Å². The molecule has 1 aromatic rings. The molecule has 1 heterocycles. The van der Waals surface area contributed by atoms with Gasteiger partial charge in [-0.2, -0.15) is 0 Å². The molecule has 1 N–H and O–H groups in total. The first-order valence-corrected chi connectivity index (χ1v) is 8.32. The number of ether oxygens (including phenoxy) is 1. The van der Waals surface area contributed by atoms with E-state index >= 15 is 0 Å². The Kier molecular flexibility index (Phi) is 6.78. The monoisotopic (exact) mass is 332 g/mol. The number of carbonyl (C=O) groups is 3. The summed E-state index contributed by atoms with van der Waals surface area (Å²) < 4.78 is 5.08. The summed E-state index contributed by atoms with van der Waals surface area (Å²) in [6, 6.07) is 6.85. The molecule has 0 aromatic heterocycles. The van der Waals surface area contributed by atoms with Gasteiger partial charge in [0.15, 0.2) is 5.78 Å². The van der Waals surface area contributed by atoms with Gasteiger partial charge in [0.1, 0.15) is 5.75 Å². The summed E-state index contributed by atoms with van der Waals surface area (Å²) in [4.78, 5) is 37.7. The Morgan fingerprint density at radius 2 is 1.88 bits per heavy atom.